The fourth-order valence-electron chi connectivity index (χ4n) is 2.59. The number of aryl methyl sites for hydroxylation is 1. The van der Waals surface area contributed by atoms with Gasteiger partial charge in [0.2, 0.25) is 5.69 Å². The van der Waals surface area contributed by atoms with E-state index in [1.54, 1.807) is 13.2 Å². The summed E-state index contributed by atoms with van der Waals surface area (Å²) in [4.78, 5) is 11.3. The standard InChI is InChI=1S/C21H25NO6/c1-26-18-9-6-16(7-10-18)5-3-4-14-28-20-12-8-17(15-23)22(25)19(20)11-13-21(24)27-2/h6-13,23H,3-5,14-15H2,1-2H3/b13-11+. The third-order valence-electron chi connectivity index (χ3n) is 4.18. The van der Waals surface area contributed by atoms with E-state index in [1.807, 2.05) is 24.3 Å². The number of carbonyl (C=O) groups excluding carboxylic acids is 1. The van der Waals surface area contributed by atoms with Crippen molar-refractivity contribution in [2.75, 3.05) is 20.8 Å². The minimum absolute atomic E-state index is 0.145. The van der Waals surface area contributed by atoms with Crippen molar-refractivity contribution >= 4 is 12.0 Å². The first-order chi connectivity index (χ1) is 13.6. The third-order valence-corrected chi connectivity index (χ3v) is 4.18. The molecule has 1 aromatic carbocycles. The number of pyridine rings is 1. The maximum absolute atomic E-state index is 12.3. The monoisotopic (exact) mass is 387 g/mol. The summed E-state index contributed by atoms with van der Waals surface area (Å²) in [6.45, 7) is 0.0123. The Kier molecular flexibility index (Phi) is 8.30. The largest absolute Gasteiger partial charge is 0.618 e. The van der Waals surface area contributed by atoms with Gasteiger partial charge < -0.3 is 24.5 Å². The van der Waals surface area contributed by atoms with Gasteiger partial charge in [-0.25, -0.2) is 4.79 Å². The lowest BCUT2D eigenvalue weighted by molar-refractivity contribution is -0.618. The molecule has 1 heterocycles. The average molecular weight is 387 g/mol. The summed E-state index contributed by atoms with van der Waals surface area (Å²) < 4.78 is 16.0. The lowest BCUT2D eigenvalue weighted by Gasteiger charge is -2.11. The van der Waals surface area contributed by atoms with Crippen LogP contribution in [0.5, 0.6) is 11.5 Å². The summed E-state index contributed by atoms with van der Waals surface area (Å²) in [5.41, 5.74) is 1.52. The number of benzene rings is 1. The molecule has 0 saturated heterocycles. The van der Waals surface area contributed by atoms with Gasteiger partial charge in [-0.3, -0.25) is 0 Å². The Morgan fingerprint density at radius 3 is 2.54 bits per heavy atom. The normalized spacial score (nSPS) is 10.8. The van der Waals surface area contributed by atoms with E-state index in [9.17, 15) is 15.1 Å². The van der Waals surface area contributed by atoms with E-state index in [-0.39, 0.29) is 11.4 Å². The summed E-state index contributed by atoms with van der Waals surface area (Å²) >= 11 is 0. The van der Waals surface area contributed by atoms with Gasteiger partial charge in [0.25, 0.3) is 5.69 Å². The molecule has 150 valence electrons. The lowest BCUT2D eigenvalue weighted by atomic mass is 10.1. The first-order valence-electron chi connectivity index (χ1n) is 8.97. The molecule has 0 fully saturated rings. The number of aliphatic hydroxyl groups is 1. The first-order valence-corrected chi connectivity index (χ1v) is 8.97. The van der Waals surface area contributed by atoms with Gasteiger partial charge in [-0.1, -0.05) is 12.1 Å². The van der Waals surface area contributed by atoms with Crippen LogP contribution in [0.4, 0.5) is 0 Å². The van der Waals surface area contributed by atoms with Gasteiger partial charge >= 0.3 is 5.97 Å². The number of hydrogen-bond acceptors (Lipinski definition) is 6. The molecular weight excluding hydrogens is 362 g/mol. The molecule has 0 bridgehead atoms. The van der Waals surface area contributed by atoms with Gasteiger partial charge in [0.15, 0.2) is 5.75 Å². The number of aliphatic hydroxyl groups excluding tert-OH is 1. The van der Waals surface area contributed by atoms with Crippen molar-refractivity contribution in [1.29, 1.82) is 0 Å². The second kappa shape index (κ2) is 10.9. The SMILES string of the molecule is COC(=O)/C=C/c1c(OCCCCc2ccc(OC)cc2)ccc(CO)[n+]1[O-]. The maximum atomic E-state index is 12.3. The predicted molar refractivity (Wildman–Crippen MR) is 104 cm³/mol. The summed E-state index contributed by atoms with van der Waals surface area (Å²) in [6, 6.07) is 11.0. The van der Waals surface area contributed by atoms with Crippen molar-refractivity contribution in [2.24, 2.45) is 0 Å². The minimum Gasteiger partial charge on any atom is -0.618 e. The lowest BCUT2D eigenvalue weighted by Crippen LogP contribution is -2.35. The van der Waals surface area contributed by atoms with E-state index in [2.05, 4.69) is 4.74 Å². The van der Waals surface area contributed by atoms with Gasteiger partial charge in [0.1, 0.15) is 12.4 Å². The van der Waals surface area contributed by atoms with Crippen molar-refractivity contribution < 1.29 is 28.8 Å². The predicted octanol–water partition coefficient (Wildman–Crippen LogP) is 2.41. The third kappa shape index (κ3) is 5.99. The summed E-state index contributed by atoms with van der Waals surface area (Å²) in [7, 11) is 2.89. The molecule has 1 aromatic heterocycles. The fourth-order valence-corrected chi connectivity index (χ4v) is 2.59. The Balaban J connectivity index is 1.94. The average Bonchev–Trinajstić information content (AvgIpc) is 2.73. The molecule has 0 unspecified atom stereocenters. The Labute approximate surface area is 164 Å². The van der Waals surface area contributed by atoms with E-state index in [0.717, 1.165) is 31.1 Å². The topological polar surface area (TPSA) is 91.9 Å². The fraction of sp³-hybridized carbons (Fsp3) is 0.333. The Bertz CT molecular complexity index is 801. The van der Waals surface area contributed by atoms with Crippen LogP contribution in [0.1, 0.15) is 29.8 Å². The smallest absolute Gasteiger partial charge is 0.330 e. The van der Waals surface area contributed by atoms with Crippen molar-refractivity contribution in [3.05, 3.63) is 64.6 Å². The van der Waals surface area contributed by atoms with Crippen LogP contribution in [0.3, 0.4) is 0 Å². The number of esters is 1. The van der Waals surface area contributed by atoms with E-state index in [0.29, 0.717) is 17.1 Å². The zero-order chi connectivity index (χ0) is 20.4. The number of aromatic nitrogens is 1. The van der Waals surface area contributed by atoms with Crippen LogP contribution in [0.25, 0.3) is 6.08 Å². The van der Waals surface area contributed by atoms with Crippen molar-refractivity contribution in [3.8, 4) is 11.5 Å². The van der Waals surface area contributed by atoms with Crippen LogP contribution in [0, 0.1) is 5.21 Å². The molecule has 0 saturated carbocycles. The second-order valence-electron chi connectivity index (χ2n) is 6.04. The Morgan fingerprint density at radius 2 is 1.89 bits per heavy atom. The molecule has 0 aliphatic rings. The van der Waals surface area contributed by atoms with Crippen molar-refractivity contribution in [2.45, 2.75) is 25.9 Å². The maximum Gasteiger partial charge on any atom is 0.330 e. The van der Waals surface area contributed by atoms with Crippen molar-refractivity contribution in [1.82, 2.24) is 0 Å². The van der Waals surface area contributed by atoms with Crippen molar-refractivity contribution in [3.63, 3.8) is 0 Å². The highest BCUT2D eigenvalue weighted by Gasteiger charge is 2.16. The van der Waals surface area contributed by atoms with E-state index in [1.165, 1.54) is 24.8 Å². The van der Waals surface area contributed by atoms with Crippen LogP contribution in [-0.2, 0) is 22.6 Å². The molecule has 2 rings (SSSR count). The van der Waals surface area contributed by atoms with E-state index < -0.39 is 12.6 Å². The van der Waals surface area contributed by atoms with Gasteiger partial charge in [-0.15, -0.1) is 0 Å². The van der Waals surface area contributed by atoms with Crippen LogP contribution in [0.15, 0.2) is 42.5 Å². The molecule has 0 spiro atoms. The molecule has 1 N–H and O–H groups in total. The van der Waals surface area contributed by atoms with Crippen LogP contribution >= 0.6 is 0 Å². The molecule has 0 aliphatic heterocycles. The van der Waals surface area contributed by atoms with Gasteiger partial charge in [-0.2, -0.15) is 4.73 Å². The number of rotatable bonds is 10. The number of hydrogen-bond donors (Lipinski definition) is 1. The number of unbranched alkanes of at least 4 members (excludes halogenated alkanes) is 1. The zero-order valence-electron chi connectivity index (χ0n) is 16.1. The summed E-state index contributed by atoms with van der Waals surface area (Å²) in [6.07, 6.45) is 5.10. The molecule has 28 heavy (non-hydrogen) atoms. The van der Waals surface area contributed by atoms with Crippen LogP contribution in [0.2, 0.25) is 0 Å². The molecular formula is C21H25NO6. The summed E-state index contributed by atoms with van der Waals surface area (Å²) in [5.74, 6) is 0.591. The highest BCUT2D eigenvalue weighted by Crippen LogP contribution is 2.18. The van der Waals surface area contributed by atoms with E-state index in [4.69, 9.17) is 9.47 Å². The molecule has 0 amide bonds. The highest BCUT2D eigenvalue weighted by atomic mass is 16.5. The number of carbonyl (C=O) groups is 1. The molecule has 2 aromatic rings. The van der Waals surface area contributed by atoms with Crippen LogP contribution in [-0.4, -0.2) is 31.9 Å². The highest BCUT2D eigenvalue weighted by molar-refractivity contribution is 5.86. The van der Waals surface area contributed by atoms with E-state index >= 15 is 0 Å². The Morgan fingerprint density at radius 1 is 1.14 bits per heavy atom. The molecule has 0 atom stereocenters. The quantitative estimate of drug-likeness (QED) is 0.221. The number of nitrogens with zero attached hydrogens (tertiary/aromatic N) is 1. The molecule has 7 nitrogen and oxygen atoms in total. The number of ether oxygens (including phenoxy) is 3. The second-order valence-corrected chi connectivity index (χ2v) is 6.04. The van der Waals surface area contributed by atoms with Gasteiger partial charge in [-0.05, 0) is 43.0 Å². The zero-order valence-corrected chi connectivity index (χ0v) is 16.1. The molecule has 7 heteroatoms. The molecule has 0 aliphatic carbocycles. The van der Waals surface area contributed by atoms with Crippen LogP contribution < -0.4 is 14.2 Å². The van der Waals surface area contributed by atoms with Gasteiger partial charge in [0, 0.05) is 18.2 Å². The minimum atomic E-state index is -0.583. The summed E-state index contributed by atoms with van der Waals surface area (Å²) in [5, 5.41) is 21.6. The first kappa shape index (κ1) is 21.2. The number of methoxy groups -OCH3 is 2. The Hall–Kier alpha value is -3.06. The van der Waals surface area contributed by atoms with Gasteiger partial charge in [0.05, 0.1) is 20.8 Å². The molecule has 0 radical (unpaired) electrons.